The first-order valence-corrected chi connectivity index (χ1v) is 11.0. The standard InChI is InChI=1S/C24H38O6/c1-16-8-7-9-17(2)14-21-20(23(5,27)15-28-18(3)25)12-13-24(6,30-21)22(11-10-16)29-19(4)26/h8,14,20-22,27H,7,9-13,15H2,1-6H3/b16-8+,17-14+/t20-,21+,22-,23+,24+/m0/s1. The average Bonchev–Trinajstić information content (AvgIpc) is 2.62. The molecule has 0 aromatic carbocycles. The fraction of sp³-hybridized carbons (Fsp3) is 0.750. The van der Waals surface area contributed by atoms with Crippen LogP contribution in [0.15, 0.2) is 23.3 Å². The number of hydrogen-bond donors (Lipinski definition) is 1. The van der Waals surface area contributed by atoms with Gasteiger partial charge in [0.1, 0.15) is 23.9 Å². The summed E-state index contributed by atoms with van der Waals surface area (Å²) in [5.41, 5.74) is 0.601. The first-order chi connectivity index (χ1) is 13.9. The highest BCUT2D eigenvalue weighted by molar-refractivity contribution is 5.66. The van der Waals surface area contributed by atoms with Crippen LogP contribution < -0.4 is 0 Å². The van der Waals surface area contributed by atoms with E-state index in [4.69, 9.17) is 14.2 Å². The lowest BCUT2D eigenvalue weighted by molar-refractivity contribution is -0.220. The molecule has 6 nitrogen and oxygen atoms in total. The summed E-state index contributed by atoms with van der Waals surface area (Å²) >= 11 is 0. The van der Waals surface area contributed by atoms with Gasteiger partial charge < -0.3 is 19.3 Å². The first kappa shape index (κ1) is 24.6. The number of ether oxygens (including phenoxy) is 3. The van der Waals surface area contributed by atoms with Crippen LogP contribution in [-0.2, 0) is 23.8 Å². The summed E-state index contributed by atoms with van der Waals surface area (Å²) in [5, 5.41) is 11.1. The zero-order valence-electron chi connectivity index (χ0n) is 19.3. The second-order valence-corrected chi connectivity index (χ2v) is 9.42. The molecule has 0 spiro atoms. The van der Waals surface area contributed by atoms with Gasteiger partial charge >= 0.3 is 11.9 Å². The smallest absolute Gasteiger partial charge is 0.303 e. The van der Waals surface area contributed by atoms with E-state index in [2.05, 4.69) is 26.0 Å². The fourth-order valence-corrected chi connectivity index (χ4v) is 4.53. The highest BCUT2D eigenvalue weighted by Gasteiger charge is 2.49. The molecular formula is C24H38O6. The molecule has 2 bridgehead atoms. The molecule has 0 radical (unpaired) electrons. The highest BCUT2D eigenvalue weighted by atomic mass is 16.6. The zero-order chi connectivity index (χ0) is 22.5. The van der Waals surface area contributed by atoms with Gasteiger partial charge in [0.2, 0.25) is 0 Å². The minimum Gasteiger partial charge on any atom is -0.463 e. The molecule has 30 heavy (non-hydrogen) atoms. The quantitative estimate of drug-likeness (QED) is 0.539. The largest absolute Gasteiger partial charge is 0.463 e. The number of esters is 2. The van der Waals surface area contributed by atoms with Gasteiger partial charge in [0.25, 0.3) is 0 Å². The molecule has 2 aliphatic rings. The third-order valence-electron chi connectivity index (χ3n) is 6.39. The van der Waals surface area contributed by atoms with Crippen molar-refractivity contribution in [2.45, 2.75) is 103 Å². The van der Waals surface area contributed by atoms with Gasteiger partial charge in [0, 0.05) is 19.8 Å². The Balaban J connectivity index is 2.38. The molecule has 0 unspecified atom stereocenters. The molecule has 0 amide bonds. The average molecular weight is 423 g/mol. The SMILES string of the molecule is CC(=O)OC[C@@](C)(O)[C@H]1CC[C@@]2(C)O[C@@H]1/C=C(\C)CC/C=C(\C)CC[C@@H]2OC(C)=O. The Hall–Kier alpha value is -1.66. The van der Waals surface area contributed by atoms with Crippen LogP contribution in [-0.4, -0.2) is 47.1 Å². The van der Waals surface area contributed by atoms with Crippen LogP contribution in [0, 0.1) is 5.92 Å². The number of carbonyl (C=O) groups excluding carboxylic acids is 2. The third kappa shape index (κ3) is 6.67. The lowest BCUT2D eigenvalue weighted by Gasteiger charge is -2.49. The maximum Gasteiger partial charge on any atom is 0.303 e. The van der Waals surface area contributed by atoms with E-state index in [-0.39, 0.29) is 30.7 Å². The van der Waals surface area contributed by atoms with Crippen molar-refractivity contribution in [3.05, 3.63) is 23.3 Å². The molecule has 2 heterocycles. The molecule has 2 aliphatic heterocycles. The highest BCUT2D eigenvalue weighted by Crippen LogP contribution is 2.43. The van der Waals surface area contributed by atoms with Crippen molar-refractivity contribution in [3.8, 4) is 0 Å². The molecule has 2 rings (SSSR count). The molecule has 0 aliphatic carbocycles. The van der Waals surface area contributed by atoms with E-state index < -0.39 is 17.2 Å². The summed E-state index contributed by atoms with van der Waals surface area (Å²) in [7, 11) is 0. The van der Waals surface area contributed by atoms with Crippen molar-refractivity contribution in [2.75, 3.05) is 6.61 Å². The van der Waals surface area contributed by atoms with Crippen LogP contribution >= 0.6 is 0 Å². The van der Waals surface area contributed by atoms with Gasteiger partial charge in [-0.15, -0.1) is 0 Å². The number of carbonyl (C=O) groups is 2. The van der Waals surface area contributed by atoms with E-state index in [1.165, 1.54) is 25.0 Å². The summed E-state index contributed by atoms with van der Waals surface area (Å²) in [6.45, 7) is 10.6. The molecule has 0 aromatic heterocycles. The molecule has 0 saturated carbocycles. The number of fused-ring (bicyclic) bond motifs is 2. The molecule has 1 fully saturated rings. The Bertz CT molecular complexity index is 692. The number of rotatable bonds is 4. The second-order valence-electron chi connectivity index (χ2n) is 9.42. The Morgan fingerprint density at radius 2 is 1.90 bits per heavy atom. The van der Waals surface area contributed by atoms with E-state index in [9.17, 15) is 14.7 Å². The Morgan fingerprint density at radius 3 is 2.53 bits per heavy atom. The summed E-state index contributed by atoms with van der Waals surface area (Å²) in [4.78, 5) is 23.1. The topological polar surface area (TPSA) is 82.1 Å². The van der Waals surface area contributed by atoms with Crippen LogP contribution in [0.3, 0.4) is 0 Å². The lowest BCUT2D eigenvalue weighted by Crippen LogP contribution is -2.56. The molecule has 1 saturated heterocycles. The molecular weight excluding hydrogens is 384 g/mol. The van der Waals surface area contributed by atoms with Crippen molar-refractivity contribution >= 4 is 11.9 Å². The van der Waals surface area contributed by atoms with E-state index in [0.717, 1.165) is 19.3 Å². The van der Waals surface area contributed by atoms with Gasteiger partial charge in [-0.1, -0.05) is 23.3 Å². The summed E-state index contributed by atoms with van der Waals surface area (Å²) in [5.74, 6) is -0.969. The Labute approximate surface area is 180 Å². The van der Waals surface area contributed by atoms with E-state index in [1.54, 1.807) is 6.92 Å². The van der Waals surface area contributed by atoms with Gasteiger partial charge in [0.15, 0.2) is 0 Å². The van der Waals surface area contributed by atoms with Crippen molar-refractivity contribution < 1.29 is 28.9 Å². The Morgan fingerprint density at radius 1 is 1.20 bits per heavy atom. The second kappa shape index (κ2) is 10.1. The fourth-order valence-electron chi connectivity index (χ4n) is 4.53. The maximum absolute atomic E-state index is 11.8. The lowest BCUT2D eigenvalue weighted by atomic mass is 9.74. The molecule has 170 valence electrons. The van der Waals surface area contributed by atoms with Crippen molar-refractivity contribution in [2.24, 2.45) is 5.92 Å². The zero-order valence-corrected chi connectivity index (χ0v) is 19.3. The van der Waals surface area contributed by atoms with Gasteiger partial charge in [-0.25, -0.2) is 0 Å². The third-order valence-corrected chi connectivity index (χ3v) is 6.39. The minimum atomic E-state index is -1.22. The summed E-state index contributed by atoms with van der Waals surface area (Å²) < 4.78 is 17.4. The van der Waals surface area contributed by atoms with Crippen LogP contribution in [0.5, 0.6) is 0 Å². The minimum absolute atomic E-state index is 0.0776. The number of aliphatic hydroxyl groups is 1. The summed E-state index contributed by atoms with van der Waals surface area (Å²) in [6, 6.07) is 0. The van der Waals surface area contributed by atoms with E-state index in [1.807, 2.05) is 6.92 Å². The van der Waals surface area contributed by atoms with Crippen molar-refractivity contribution in [1.82, 2.24) is 0 Å². The van der Waals surface area contributed by atoms with Crippen LogP contribution in [0.2, 0.25) is 0 Å². The van der Waals surface area contributed by atoms with Gasteiger partial charge in [-0.3, -0.25) is 9.59 Å². The van der Waals surface area contributed by atoms with Crippen LogP contribution in [0.25, 0.3) is 0 Å². The predicted octanol–water partition coefficient (Wildman–Crippen LogP) is 4.25. The maximum atomic E-state index is 11.8. The first-order valence-electron chi connectivity index (χ1n) is 11.0. The molecule has 0 aromatic rings. The van der Waals surface area contributed by atoms with Crippen molar-refractivity contribution in [1.29, 1.82) is 0 Å². The molecule has 1 N–H and O–H groups in total. The monoisotopic (exact) mass is 422 g/mol. The number of allylic oxidation sites excluding steroid dienone is 3. The van der Waals surface area contributed by atoms with Gasteiger partial charge in [-0.2, -0.15) is 0 Å². The predicted molar refractivity (Wildman–Crippen MR) is 115 cm³/mol. The molecule has 5 atom stereocenters. The van der Waals surface area contributed by atoms with Crippen LogP contribution in [0.1, 0.15) is 80.1 Å². The number of hydrogen-bond acceptors (Lipinski definition) is 6. The normalized spacial score (nSPS) is 35.9. The Kier molecular flexibility index (Phi) is 8.28. The summed E-state index contributed by atoms with van der Waals surface area (Å²) in [6.07, 6.45) is 8.30. The van der Waals surface area contributed by atoms with Crippen LogP contribution in [0.4, 0.5) is 0 Å². The molecule has 6 heteroatoms. The van der Waals surface area contributed by atoms with E-state index in [0.29, 0.717) is 19.3 Å². The van der Waals surface area contributed by atoms with Gasteiger partial charge in [0.05, 0.1) is 6.10 Å². The van der Waals surface area contributed by atoms with Gasteiger partial charge in [-0.05, 0) is 66.2 Å². The van der Waals surface area contributed by atoms with Crippen molar-refractivity contribution in [3.63, 3.8) is 0 Å². The van der Waals surface area contributed by atoms with E-state index >= 15 is 0 Å².